The Balaban J connectivity index is 1.10. The molecule has 3 atom stereocenters. The van der Waals surface area contributed by atoms with Crippen molar-refractivity contribution in [1.82, 2.24) is 29.9 Å². The number of rotatable bonds is 6. The van der Waals surface area contributed by atoms with E-state index in [4.69, 9.17) is 4.74 Å². The van der Waals surface area contributed by atoms with Gasteiger partial charge in [0.25, 0.3) is 5.91 Å². The minimum Gasteiger partial charge on any atom is -0.381 e. The number of carbonyl (C=O) groups is 1. The second kappa shape index (κ2) is 9.19. The standard InChI is InChI=1S/C27H37N7O2/c1-18-16-33(19(2)15-32(18)11-7-20-8-12-36-13-9-20)23-14-27(3)24-21(17-34(23)27)25(31-30-24)29-26(35)22-6-4-5-10-28-22/h4-6,10,14,18-20H,7-9,11-13,15-17H2,1-3H3,(H2,29,30,31,35)/t18-,19+,27?/m1/s1. The van der Waals surface area contributed by atoms with Gasteiger partial charge in [-0.1, -0.05) is 6.07 Å². The molecule has 36 heavy (non-hydrogen) atoms. The molecule has 2 aromatic rings. The molecule has 0 bridgehead atoms. The van der Waals surface area contributed by atoms with Gasteiger partial charge < -0.3 is 19.9 Å². The maximum atomic E-state index is 12.7. The first-order chi connectivity index (χ1) is 17.4. The number of pyridine rings is 1. The zero-order chi connectivity index (χ0) is 24.9. The van der Waals surface area contributed by atoms with Crippen molar-refractivity contribution in [1.29, 1.82) is 0 Å². The Morgan fingerprint density at radius 3 is 2.83 bits per heavy atom. The average Bonchev–Trinajstić information content (AvgIpc) is 3.38. The van der Waals surface area contributed by atoms with Crippen LogP contribution in [0, 0.1) is 5.92 Å². The largest absolute Gasteiger partial charge is 0.381 e. The van der Waals surface area contributed by atoms with Crippen LogP contribution in [-0.2, 0) is 16.8 Å². The molecule has 2 saturated heterocycles. The molecule has 0 aliphatic carbocycles. The maximum Gasteiger partial charge on any atom is 0.275 e. The fraction of sp³-hybridized carbons (Fsp3) is 0.593. The molecule has 1 unspecified atom stereocenters. The molecule has 192 valence electrons. The highest BCUT2D eigenvalue weighted by molar-refractivity contribution is 6.02. The number of hydrogen-bond acceptors (Lipinski definition) is 7. The van der Waals surface area contributed by atoms with Gasteiger partial charge in [-0.2, -0.15) is 5.10 Å². The van der Waals surface area contributed by atoms with Gasteiger partial charge in [0.1, 0.15) is 17.1 Å². The fourth-order valence-corrected chi connectivity index (χ4v) is 6.35. The van der Waals surface area contributed by atoms with Crippen LogP contribution in [0.1, 0.15) is 61.8 Å². The number of aromatic nitrogens is 3. The summed E-state index contributed by atoms with van der Waals surface area (Å²) in [6, 6.07) is 6.29. The van der Waals surface area contributed by atoms with E-state index in [-0.39, 0.29) is 11.4 Å². The van der Waals surface area contributed by atoms with Crippen LogP contribution in [0.25, 0.3) is 0 Å². The summed E-state index contributed by atoms with van der Waals surface area (Å²) in [7, 11) is 0. The van der Waals surface area contributed by atoms with Crippen LogP contribution in [0.4, 0.5) is 5.82 Å². The van der Waals surface area contributed by atoms with Crippen LogP contribution >= 0.6 is 0 Å². The number of fused-ring (bicyclic) bond motifs is 3. The molecule has 0 spiro atoms. The van der Waals surface area contributed by atoms with Gasteiger partial charge in [-0.05, 0) is 70.7 Å². The number of ether oxygens (including phenoxy) is 1. The van der Waals surface area contributed by atoms with Gasteiger partial charge in [0.15, 0.2) is 5.82 Å². The number of H-pyrrole nitrogens is 1. The molecular formula is C27H37N7O2. The Hall–Kier alpha value is -2.91. The molecule has 2 aromatic heterocycles. The smallest absolute Gasteiger partial charge is 0.275 e. The monoisotopic (exact) mass is 491 g/mol. The normalized spacial score (nSPS) is 28.4. The fourth-order valence-electron chi connectivity index (χ4n) is 6.35. The van der Waals surface area contributed by atoms with Gasteiger partial charge in [0.05, 0.1) is 12.2 Å². The Morgan fingerprint density at radius 1 is 1.22 bits per heavy atom. The number of aromatic amines is 1. The average molecular weight is 492 g/mol. The van der Waals surface area contributed by atoms with E-state index in [0.717, 1.165) is 50.0 Å². The summed E-state index contributed by atoms with van der Waals surface area (Å²) in [5.74, 6) is 2.47. The van der Waals surface area contributed by atoms with Gasteiger partial charge in [-0.3, -0.25) is 19.8 Å². The van der Waals surface area contributed by atoms with E-state index in [2.05, 4.69) is 62.0 Å². The van der Waals surface area contributed by atoms with Crippen LogP contribution in [0.15, 0.2) is 36.3 Å². The first-order valence-electron chi connectivity index (χ1n) is 13.3. The lowest BCUT2D eigenvalue weighted by Gasteiger charge is -2.54. The van der Waals surface area contributed by atoms with Crippen molar-refractivity contribution in [2.75, 3.05) is 38.2 Å². The minimum atomic E-state index is -0.239. The molecule has 9 nitrogen and oxygen atoms in total. The molecule has 2 fully saturated rings. The van der Waals surface area contributed by atoms with E-state index in [0.29, 0.717) is 23.6 Å². The Kier molecular flexibility index (Phi) is 6.00. The summed E-state index contributed by atoms with van der Waals surface area (Å²) in [4.78, 5) is 24.5. The molecule has 9 heteroatoms. The first kappa shape index (κ1) is 23.5. The third kappa shape index (κ3) is 3.98. The lowest BCUT2D eigenvalue weighted by molar-refractivity contribution is 0.000897. The van der Waals surface area contributed by atoms with Crippen molar-refractivity contribution in [2.45, 2.75) is 64.2 Å². The van der Waals surface area contributed by atoms with E-state index in [1.54, 1.807) is 18.3 Å². The molecule has 0 saturated carbocycles. The third-order valence-corrected chi connectivity index (χ3v) is 8.64. The maximum absolute atomic E-state index is 12.7. The van der Waals surface area contributed by atoms with Crippen LogP contribution in [0.2, 0.25) is 0 Å². The van der Waals surface area contributed by atoms with Gasteiger partial charge in [-0.15, -0.1) is 0 Å². The van der Waals surface area contributed by atoms with Crippen LogP contribution in [0.3, 0.4) is 0 Å². The van der Waals surface area contributed by atoms with E-state index in [1.165, 1.54) is 31.6 Å². The molecule has 0 aromatic carbocycles. The summed E-state index contributed by atoms with van der Waals surface area (Å²) < 4.78 is 5.53. The molecule has 2 N–H and O–H groups in total. The van der Waals surface area contributed by atoms with Crippen LogP contribution in [-0.4, -0.2) is 80.7 Å². The molecule has 4 aliphatic rings. The third-order valence-electron chi connectivity index (χ3n) is 8.64. The highest BCUT2D eigenvalue weighted by Gasteiger charge is 2.53. The number of nitrogens with zero attached hydrogens (tertiary/aromatic N) is 5. The van der Waals surface area contributed by atoms with Gasteiger partial charge in [-0.25, -0.2) is 0 Å². The second-order valence-electron chi connectivity index (χ2n) is 11.0. The lowest BCUT2D eigenvalue weighted by Crippen LogP contribution is -2.61. The van der Waals surface area contributed by atoms with Crippen LogP contribution in [0.5, 0.6) is 0 Å². The Bertz CT molecular complexity index is 1140. The Morgan fingerprint density at radius 2 is 2.06 bits per heavy atom. The van der Waals surface area contributed by atoms with Gasteiger partial charge in [0, 0.05) is 50.1 Å². The highest BCUT2D eigenvalue weighted by atomic mass is 16.5. The molecule has 1 amide bonds. The molecule has 4 aliphatic heterocycles. The summed E-state index contributed by atoms with van der Waals surface area (Å²) in [6.07, 6.45) is 7.69. The second-order valence-corrected chi connectivity index (χ2v) is 11.0. The zero-order valence-electron chi connectivity index (χ0n) is 21.5. The predicted molar refractivity (Wildman–Crippen MR) is 137 cm³/mol. The van der Waals surface area contributed by atoms with E-state index < -0.39 is 0 Å². The quantitative estimate of drug-likeness (QED) is 0.642. The SMILES string of the molecule is C[C@@H]1CN(C2=CC3(C)c4[nH]nc(NC(=O)c5ccccn5)c4CN23)[C@@H](C)CN1CCC1CCOCC1. The topological polar surface area (TPSA) is 89.6 Å². The Labute approximate surface area is 212 Å². The van der Waals surface area contributed by atoms with Crippen LogP contribution < -0.4 is 5.32 Å². The molecule has 0 radical (unpaired) electrons. The van der Waals surface area contributed by atoms with Crippen molar-refractivity contribution in [3.8, 4) is 0 Å². The number of carbonyl (C=O) groups excluding carboxylic acids is 1. The summed E-state index contributed by atoms with van der Waals surface area (Å²) in [5.41, 5.74) is 2.30. The molecule has 6 heterocycles. The number of amides is 1. The van der Waals surface area contributed by atoms with Crippen molar-refractivity contribution >= 4 is 11.7 Å². The number of nitrogens with one attached hydrogen (secondary N) is 2. The van der Waals surface area contributed by atoms with Crippen molar-refractivity contribution in [2.24, 2.45) is 5.92 Å². The first-order valence-corrected chi connectivity index (χ1v) is 13.3. The van der Waals surface area contributed by atoms with Gasteiger partial charge >= 0.3 is 0 Å². The van der Waals surface area contributed by atoms with Crippen molar-refractivity contribution < 1.29 is 9.53 Å². The number of hydrogen-bond donors (Lipinski definition) is 2. The predicted octanol–water partition coefficient (Wildman–Crippen LogP) is 3.15. The lowest BCUT2D eigenvalue weighted by atomic mass is 9.90. The summed E-state index contributed by atoms with van der Waals surface area (Å²) in [5, 5.41) is 10.6. The van der Waals surface area contributed by atoms with Gasteiger partial charge in [0.2, 0.25) is 0 Å². The van der Waals surface area contributed by atoms with E-state index >= 15 is 0 Å². The number of anilines is 1. The molecule has 6 rings (SSSR count). The molecular weight excluding hydrogens is 454 g/mol. The highest BCUT2D eigenvalue weighted by Crippen LogP contribution is 2.51. The van der Waals surface area contributed by atoms with E-state index in [9.17, 15) is 4.79 Å². The summed E-state index contributed by atoms with van der Waals surface area (Å²) >= 11 is 0. The van der Waals surface area contributed by atoms with Crippen molar-refractivity contribution in [3.05, 3.63) is 53.2 Å². The minimum absolute atomic E-state index is 0.214. The number of piperazine rings is 1. The van der Waals surface area contributed by atoms with E-state index in [1.807, 2.05) is 6.07 Å². The van der Waals surface area contributed by atoms with Crippen molar-refractivity contribution in [3.63, 3.8) is 0 Å². The zero-order valence-corrected chi connectivity index (χ0v) is 21.5. The summed E-state index contributed by atoms with van der Waals surface area (Å²) in [6.45, 7) is 12.8.